The Morgan fingerprint density at radius 2 is 2.31 bits per heavy atom. The maximum atomic E-state index is 11.3. The highest BCUT2D eigenvalue weighted by molar-refractivity contribution is 7.80. The van der Waals surface area contributed by atoms with E-state index in [2.05, 4.69) is 12.6 Å². The van der Waals surface area contributed by atoms with E-state index in [9.17, 15) is 9.59 Å². The Bertz CT molecular complexity index is 388. The van der Waals surface area contributed by atoms with Crippen molar-refractivity contribution < 1.29 is 4.79 Å². The SMILES string of the molecule is CN(C(N)=O)n1ccc(S)cc1=O. The number of urea groups is 1. The van der Waals surface area contributed by atoms with E-state index in [0.29, 0.717) is 4.90 Å². The summed E-state index contributed by atoms with van der Waals surface area (Å²) in [5.74, 6) is 0. The monoisotopic (exact) mass is 199 g/mol. The molecule has 0 aliphatic rings. The zero-order valence-electron chi connectivity index (χ0n) is 6.97. The number of nitrogens with two attached hydrogens (primary N) is 1. The topological polar surface area (TPSA) is 68.3 Å². The first-order valence-corrected chi connectivity index (χ1v) is 3.92. The van der Waals surface area contributed by atoms with E-state index in [1.165, 1.54) is 19.3 Å². The molecule has 13 heavy (non-hydrogen) atoms. The van der Waals surface area contributed by atoms with Gasteiger partial charge in [0, 0.05) is 24.2 Å². The molecule has 0 aliphatic heterocycles. The van der Waals surface area contributed by atoms with Crippen LogP contribution in [0.15, 0.2) is 28.0 Å². The van der Waals surface area contributed by atoms with Crippen molar-refractivity contribution in [1.82, 2.24) is 4.68 Å². The highest BCUT2D eigenvalue weighted by atomic mass is 32.1. The third kappa shape index (κ3) is 2.03. The summed E-state index contributed by atoms with van der Waals surface area (Å²) < 4.78 is 1.10. The Kier molecular flexibility index (Phi) is 2.62. The fourth-order valence-electron chi connectivity index (χ4n) is 0.815. The summed E-state index contributed by atoms with van der Waals surface area (Å²) in [6, 6.07) is 2.18. The lowest BCUT2D eigenvalue weighted by atomic mass is 10.5. The van der Waals surface area contributed by atoms with E-state index in [1.807, 2.05) is 0 Å². The van der Waals surface area contributed by atoms with Crippen molar-refractivity contribution in [1.29, 1.82) is 0 Å². The minimum atomic E-state index is -0.700. The fraction of sp³-hybridized carbons (Fsp3) is 0.143. The number of pyridine rings is 1. The van der Waals surface area contributed by atoms with Crippen molar-refractivity contribution in [2.24, 2.45) is 5.73 Å². The second-order valence-corrected chi connectivity index (χ2v) is 2.95. The van der Waals surface area contributed by atoms with Crippen molar-refractivity contribution >= 4 is 18.7 Å². The molecule has 1 rings (SSSR count). The van der Waals surface area contributed by atoms with Gasteiger partial charge in [-0.3, -0.25) is 4.79 Å². The fourth-order valence-corrected chi connectivity index (χ4v) is 0.992. The number of nitrogens with zero attached hydrogens (tertiary/aromatic N) is 2. The van der Waals surface area contributed by atoms with Crippen LogP contribution in [0.1, 0.15) is 0 Å². The molecule has 0 saturated carbocycles. The standard InChI is InChI=1S/C7H9N3O2S/c1-9(7(8)12)10-3-2-5(13)4-6(10)11/h2-4,13H,1H3,(H2,8,12). The molecule has 5 nitrogen and oxygen atoms in total. The maximum absolute atomic E-state index is 11.3. The van der Waals surface area contributed by atoms with Crippen molar-refractivity contribution in [3.05, 3.63) is 28.7 Å². The molecular formula is C7H9N3O2S. The summed E-state index contributed by atoms with van der Waals surface area (Å²) in [5, 5.41) is 1.01. The first-order valence-electron chi connectivity index (χ1n) is 3.47. The average molecular weight is 199 g/mol. The number of aromatic nitrogens is 1. The molecule has 0 unspecified atom stereocenters. The van der Waals surface area contributed by atoms with Crippen LogP contribution in [0.2, 0.25) is 0 Å². The van der Waals surface area contributed by atoms with E-state index in [-0.39, 0.29) is 5.56 Å². The van der Waals surface area contributed by atoms with E-state index in [0.717, 1.165) is 9.69 Å². The smallest absolute Gasteiger partial charge is 0.333 e. The van der Waals surface area contributed by atoms with Gasteiger partial charge in [-0.05, 0) is 6.07 Å². The van der Waals surface area contributed by atoms with Gasteiger partial charge in [0.05, 0.1) is 0 Å². The Labute approximate surface area is 80.1 Å². The van der Waals surface area contributed by atoms with Crippen LogP contribution >= 0.6 is 12.6 Å². The number of thiol groups is 1. The number of hydrogen-bond donors (Lipinski definition) is 2. The van der Waals surface area contributed by atoms with Crippen LogP contribution in [0.4, 0.5) is 4.79 Å². The Hall–Kier alpha value is -1.43. The van der Waals surface area contributed by atoms with Gasteiger partial charge >= 0.3 is 6.03 Å². The van der Waals surface area contributed by atoms with Crippen LogP contribution in [0.25, 0.3) is 0 Å². The van der Waals surface area contributed by atoms with Gasteiger partial charge in [-0.15, -0.1) is 12.6 Å². The summed E-state index contributed by atoms with van der Waals surface area (Å²) in [7, 11) is 1.40. The first-order chi connectivity index (χ1) is 6.02. The molecule has 0 saturated heterocycles. The predicted octanol–water partition coefficient (Wildman–Crippen LogP) is -0.217. The molecule has 6 heteroatoms. The number of primary amides is 1. The zero-order chi connectivity index (χ0) is 10.0. The summed E-state index contributed by atoms with van der Waals surface area (Å²) in [5.41, 5.74) is 4.63. The Morgan fingerprint density at radius 3 is 2.77 bits per heavy atom. The molecule has 0 spiro atoms. The van der Waals surface area contributed by atoms with E-state index in [4.69, 9.17) is 5.73 Å². The van der Waals surface area contributed by atoms with Gasteiger partial charge in [-0.25, -0.2) is 14.5 Å². The first kappa shape index (κ1) is 9.66. The Morgan fingerprint density at radius 1 is 1.69 bits per heavy atom. The van der Waals surface area contributed by atoms with Gasteiger partial charge in [0.15, 0.2) is 0 Å². The molecule has 0 atom stereocenters. The quantitative estimate of drug-likeness (QED) is 0.614. The lowest BCUT2D eigenvalue weighted by molar-refractivity contribution is 0.250. The lowest BCUT2D eigenvalue weighted by Crippen LogP contribution is -2.45. The molecule has 2 N–H and O–H groups in total. The van der Waals surface area contributed by atoms with Gasteiger partial charge in [-0.1, -0.05) is 0 Å². The minimum absolute atomic E-state index is 0.353. The molecule has 70 valence electrons. The number of carbonyl (C=O) groups excluding carboxylic acids is 1. The molecule has 1 aromatic rings. The molecule has 0 bridgehead atoms. The van der Waals surface area contributed by atoms with Gasteiger partial charge in [0.25, 0.3) is 5.56 Å². The summed E-state index contributed by atoms with van der Waals surface area (Å²) in [6.07, 6.45) is 1.43. The van der Waals surface area contributed by atoms with Gasteiger partial charge in [0.1, 0.15) is 0 Å². The van der Waals surface area contributed by atoms with Crippen molar-refractivity contribution in [3.8, 4) is 0 Å². The van der Waals surface area contributed by atoms with Crippen LogP contribution in [0.3, 0.4) is 0 Å². The molecule has 0 radical (unpaired) electrons. The van der Waals surface area contributed by atoms with E-state index in [1.54, 1.807) is 6.07 Å². The van der Waals surface area contributed by atoms with E-state index < -0.39 is 6.03 Å². The minimum Gasteiger partial charge on any atom is -0.350 e. The second-order valence-electron chi connectivity index (χ2n) is 2.43. The van der Waals surface area contributed by atoms with Gasteiger partial charge in [-0.2, -0.15) is 0 Å². The maximum Gasteiger partial charge on any atom is 0.333 e. The molecule has 2 amide bonds. The van der Waals surface area contributed by atoms with Gasteiger partial charge in [0.2, 0.25) is 0 Å². The molecular weight excluding hydrogens is 190 g/mol. The number of hydrogen-bond acceptors (Lipinski definition) is 3. The number of carbonyl (C=O) groups is 1. The van der Waals surface area contributed by atoms with Crippen LogP contribution in [-0.2, 0) is 0 Å². The molecule has 1 heterocycles. The molecule has 1 aromatic heterocycles. The van der Waals surface area contributed by atoms with Crippen LogP contribution in [0.5, 0.6) is 0 Å². The largest absolute Gasteiger partial charge is 0.350 e. The average Bonchev–Trinajstić information content (AvgIpc) is 2.03. The van der Waals surface area contributed by atoms with Crippen molar-refractivity contribution in [2.75, 3.05) is 12.1 Å². The summed E-state index contributed by atoms with van der Waals surface area (Å²) in [4.78, 5) is 22.5. The second kappa shape index (κ2) is 3.53. The zero-order valence-corrected chi connectivity index (χ0v) is 7.86. The molecule has 0 fully saturated rings. The van der Waals surface area contributed by atoms with Crippen LogP contribution < -0.4 is 16.3 Å². The lowest BCUT2D eigenvalue weighted by Gasteiger charge is -2.16. The third-order valence-electron chi connectivity index (χ3n) is 1.53. The summed E-state index contributed by atoms with van der Waals surface area (Å²) in [6.45, 7) is 0. The third-order valence-corrected chi connectivity index (χ3v) is 1.80. The molecule has 0 aliphatic carbocycles. The number of amides is 2. The van der Waals surface area contributed by atoms with E-state index >= 15 is 0 Å². The summed E-state index contributed by atoms with van der Waals surface area (Å²) >= 11 is 3.97. The highest BCUT2D eigenvalue weighted by Gasteiger charge is 2.06. The van der Waals surface area contributed by atoms with Crippen molar-refractivity contribution in [3.63, 3.8) is 0 Å². The predicted molar refractivity (Wildman–Crippen MR) is 51.7 cm³/mol. The Balaban J connectivity index is 3.16. The number of rotatable bonds is 1. The van der Waals surface area contributed by atoms with Gasteiger partial charge < -0.3 is 5.73 Å². The van der Waals surface area contributed by atoms with Crippen LogP contribution in [0, 0.1) is 0 Å². The normalized spacial score (nSPS) is 9.69. The van der Waals surface area contributed by atoms with Crippen LogP contribution in [-0.4, -0.2) is 17.8 Å². The van der Waals surface area contributed by atoms with Crippen molar-refractivity contribution in [2.45, 2.75) is 4.90 Å². The highest BCUT2D eigenvalue weighted by Crippen LogP contribution is 1.98. The molecule has 0 aromatic carbocycles.